The third-order valence-electron chi connectivity index (χ3n) is 2.96. The van der Waals surface area contributed by atoms with Crippen LogP contribution in [-0.4, -0.2) is 49.4 Å². The van der Waals surface area contributed by atoms with Crippen molar-refractivity contribution in [3.05, 3.63) is 0 Å². The molecule has 2 saturated heterocycles. The summed E-state index contributed by atoms with van der Waals surface area (Å²) in [6.45, 7) is 3.75. The van der Waals surface area contributed by atoms with E-state index in [1.807, 2.05) is 0 Å². The van der Waals surface area contributed by atoms with Crippen molar-refractivity contribution in [1.29, 1.82) is 0 Å². The van der Waals surface area contributed by atoms with E-state index in [0.29, 0.717) is 26.2 Å². The van der Waals surface area contributed by atoms with Crippen LogP contribution in [0.2, 0.25) is 0 Å². The third kappa shape index (κ3) is 1.45. The summed E-state index contributed by atoms with van der Waals surface area (Å²) in [4.78, 5) is 12.8. The first-order valence-corrected chi connectivity index (χ1v) is 4.97. The summed E-state index contributed by atoms with van der Waals surface area (Å²) >= 11 is 0. The molecule has 0 bridgehead atoms. The zero-order valence-corrected chi connectivity index (χ0v) is 8.25. The van der Waals surface area contributed by atoms with Crippen molar-refractivity contribution in [2.45, 2.75) is 12.6 Å². The molecule has 1 amide bonds. The summed E-state index contributed by atoms with van der Waals surface area (Å²) < 4.78 is 18.9. The van der Waals surface area contributed by atoms with Crippen LogP contribution in [0.3, 0.4) is 0 Å². The molecule has 1 N–H and O–H groups in total. The molecule has 4 nitrogen and oxygen atoms in total. The van der Waals surface area contributed by atoms with E-state index in [1.54, 1.807) is 6.92 Å². The molecule has 0 aliphatic carbocycles. The van der Waals surface area contributed by atoms with E-state index in [1.165, 1.54) is 4.90 Å². The topological polar surface area (TPSA) is 41.6 Å². The van der Waals surface area contributed by atoms with Crippen molar-refractivity contribution in [2.75, 3.05) is 32.8 Å². The molecule has 2 aliphatic rings. The van der Waals surface area contributed by atoms with Gasteiger partial charge in [0.25, 0.3) is 0 Å². The lowest BCUT2D eigenvalue weighted by Crippen LogP contribution is -2.37. The second-order valence-corrected chi connectivity index (χ2v) is 3.94. The molecule has 0 saturated carbocycles. The number of nitrogens with zero attached hydrogens (tertiary/aromatic N) is 1. The highest BCUT2D eigenvalue weighted by atomic mass is 19.1. The summed E-state index contributed by atoms with van der Waals surface area (Å²) in [5, 5.41) is 3.00. The monoisotopic (exact) mass is 202 g/mol. The van der Waals surface area contributed by atoms with Crippen molar-refractivity contribution in [3.8, 4) is 0 Å². The van der Waals surface area contributed by atoms with Crippen LogP contribution < -0.4 is 5.32 Å². The largest absolute Gasteiger partial charge is 0.450 e. The quantitative estimate of drug-likeness (QED) is 0.668. The molecule has 80 valence electrons. The first kappa shape index (κ1) is 9.71. The molecule has 2 aliphatic heterocycles. The van der Waals surface area contributed by atoms with Crippen molar-refractivity contribution in [1.82, 2.24) is 10.2 Å². The Kier molecular flexibility index (Phi) is 2.34. The number of hydrogen-bond acceptors (Lipinski definition) is 3. The lowest BCUT2D eigenvalue weighted by Gasteiger charge is -2.18. The highest BCUT2D eigenvalue weighted by Crippen LogP contribution is 2.34. The fraction of sp³-hybridized carbons (Fsp3) is 0.889. The van der Waals surface area contributed by atoms with Crippen molar-refractivity contribution in [3.63, 3.8) is 0 Å². The number of rotatable bonds is 1. The molecule has 2 heterocycles. The summed E-state index contributed by atoms with van der Waals surface area (Å²) in [6.07, 6.45) is -0.390. The molecule has 0 aromatic heterocycles. The number of alkyl halides is 1. The van der Waals surface area contributed by atoms with Gasteiger partial charge in [-0.2, -0.15) is 0 Å². The predicted molar refractivity (Wildman–Crippen MR) is 48.8 cm³/mol. The highest BCUT2D eigenvalue weighted by Gasteiger charge is 2.51. The maximum Gasteiger partial charge on any atom is 0.409 e. The lowest BCUT2D eigenvalue weighted by atomic mass is 9.97. The van der Waals surface area contributed by atoms with Crippen molar-refractivity contribution >= 4 is 6.09 Å². The molecule has 2 rings (SSSR count). The summed E-state index contributed by atoms with van der Waals surface area (Å²) in [6, 6.07) is 0. The number of amides is 1. The summed E-state index contributed by atoms with van der Waals surface area (Å²) in [5.41, 5.74) is -1.23. The Morgan fingerprint density at radius 1 is 1.79 bits per heavy atom. The Labute approximate surface area is 82.4 Å². The number of fused-ring (bicyclic) bond motifs is 1. The van der Waals surface area contributed by atoms with Gasteiger partial charge in [-0.25, -0.2) is 9.18 Å². The summed E-state index contributed by atoms with van der Waals surface area (Å²) in [5.74, 6) is -0.0630. The van der Waals surface area contributed by atoms with Gasteiger partial charge in [-0.15, -0.1) is 0 Å². The van der Waals surface area contributed by atoms with Crippen LogP contribution >= 0.6 is 0 Å². The molecule has 2 fully saturated rings. The van der Waals surface area contributed by atoms with Crippen LogP contribution in [0, 0.1) is 5.92 Å². The fourth-order valence-electron chi connectivity index (χ4n) is 2.20. The maximum absolute atomic E-state index is 14.0. The second kappa shape index (κ2) is 3.38. The van der Waals surface area contributed by atoms with E-state index < -0.39 is 5.67 Å². The minimum absolute atomic E-state index is 0.0630. The van der Waals surface area contributed by atoms with Crippen molar-refractivity contribution in [2.24, 2.45) is 5.92 Å². The molecule has 0 radical (unpaired) electrons. The highest BCUT2D eigenvalue weighted by molar-refractivity contribution is 5.68. The Hall–Kier alpha value is -0.840. The number of ether oxygens (including phenoxy) is 1. The Bertz CT molecular complexity index is 249. The van der Waals surface area contributed by atoms with Gasteiger partial charge in [-0.05, 0) is 6.92 Å². The van der Waals surface area contributed by atoms with E-state index >= 15 is 0 Å². The van der Waals surface area contributed by atoms with E-state index in [4.69, 9.17) is 4.74 Å². The molecular formula is C9H15FN2O2. The molecular weight excluding hydrogens is 187 g/mol. The Balaban J connectivity index is 1.98. The van der Waals surface area contributed by atoms with E-state index in [0.717, 1.165) is 0 Å². The number of hydrogen-bond donors (Lipinski definition) is 1. The van der Waals surface area contributed by atoms with E-state index in [-0.39, 0.29) is 18.6 Å². The lowest BCUT2D eigenvalue weighted by molar-refractivity contribution is 0.105. The standard InChI is InChI=1S/C9H15FN2O2/c1-2-14-8(13)12-4-7-3-11-5-9(7,10)6-12/h7,11H,2-6H2,1H3. The molecule has 14 heavy (non-hydrogen) atoms. The number of carbonyl (C=O) groups is 1. The van der Waals surface area contributed by atoms with Crippen LogP contribution in [0.4, 0.5) is 9.18 Å². The molecule has 0 aromatic carbocycles. The zero-order valence-electron chi connectivity index (χ0n) is 8.25. The minimum atomic E-state index is -1.23. The average molecular weight is 202 g/mol. The van der Waals surface area contributed by atoms with Gasteiger partial charge >= 0.3 is 6.09 Å². The smallest absolute Gasteiger partial charge is 0.409 e. The zero-order chi connectivity index (χ0) is 10.2. The molecule has 0 aromatic rings. The second-order valence-electron chi connectivity index (χ2n) is 3.94. The SMILES string of the molecule is CCOC(=O)N1CC2CNCC2(F)C1. The normalized spacial score (nSPS) is 35.9. The van der Waals surface area contributed by atoms with Crippen LogP contribution in [-0.2, 0) is 4.74 Å². The number of likely N-dealkylation sites (tertiary alicyclic amines) is 1. The van der Waals surface area contributed by atoms with Gasteiger partial charge < -0.3 is 15.0 Å². The van der Waals surface area contributed by atoms with Crippen LogP contribution in [0.1, 0.15) is 6.92 Å². The Morgan fingerprint density at radius 2 is 2.57 bits per heavy atom. The third-order valence-corrected chi connectivity index (χ3v) is 2.96. The van der Waals surface area contributed by atoms with Gasteiger partial charge in [-0.3, -0.25) is 0 Å². The first-order chi connectivity index (χ1) is 6.65. The minimum Gasteiger partial charge on any atom is -0.450 e. The van der Waals surface area contributed by atoms with Gasteiger partial charge in [0.05, 0.1) is 13.2 Å². The van der Waals surface area contributed by atoms with Crippen LogP contribution in [0.5, 0.6) is 0 Å². The van der Waals surface area contributed by atoms with Gasteiger partial charge in [0.15, 0.2) is 0 Å². The maximum atomic E-state index is 14.0. The average Bonchev–Trinajstić information content (AvgIpc) is 2.59. The predicted octanol–water partition coefficient (Wildman–Crippen LogP) is 0.386. The first-order valence-electron chi connectivity index (χ1n) is 4.97. The molecule has 2 atom stereocenters. The van der Waals surface area contributed by atoms with Gasteiger partial charge in [0.1, 0.15) is 5.67 Å². The number of halogens is 1. The number of nitrogens with one attached hydrogen (secondary N) is 1. The van der Waals surface area contributed by atoms with E-state index in [9.17, 15) is 9.18 Å². The van der Waals surface area contributed by atoms with Gasteiger partial charge in [-0.1, -0.05) is 0 Å². The molecule has 5 heteroatoms. The van der Waals surface area contributed by atoms with E-state index in [2.05, 4.69) is 5.32 Å². The van der Waals surface area contributed by atoms with Gasteiger partial charge in [0.2, 0.25) is 0 Å². The Morgan fingerprint density at radius 3 is 3.21 bits per heavy atom. The van der Waals surface area contributed by atoms with Crippen molar-refractivity contribution < 1.29 is 13.9 Å². The fourth-order valence-corrected chi connectivity index (χ4v) is 2.20. The van der Waals surface area contributed by atoms with Crippen LogP contribution in [0.15, 0.2) is 0 Å². The summed E-state index contributed by atoms with van der Waals surface area (Å²) in [7, 11) is 0. The molecule has 2 unspecified atom stereocenters. The molecule has 0 spiro atoms. The van der Waals surface area contributed by atoms with Crippen LogP contribution in [0.25, 0.3) is 0 Å². The van der Waals surface area contributed by atoms with Gasteiger partial charge in [0, 0.05) is 25.6 Å². The number of carbonyl (C=O) groups excluding carboxylic acids is 1.